The summed E-state index contributed by atoms with van der Waals surface area (Å²) >= 11 is 1.40. The summed E-state index contributed by atoms with van der Waals surface area (Å²) in [5.74, 6) is -1.34. The standard InChI is InChI=1S/C11H19NO6S3/c1-20(15,16)10-7-19-6-5-12(10)21(17,18)9-4-2-3-8(9)11(13)14/h8-10H,2-7H2,1H3,(H,13,14). The molecule has 122 valence electrons. The van der Waals surface area contributed by atoms with Crippen LogP contribution in [0.15, 0.2) is 0 Å². The van der Waals surface area contributed by atoms with Crippen molar-refractivity contribution < 1.29 is 26.7 Å². The molecule has 2 rings (SSSR count). The largest absolute Gasteiger partial charge is 0.481 e. The molecule has 0 aromatic carbocycles. The van der Waals surface area contributed by atoms with E-state index < -0.39 is 42.4 Å². The van der Waals surface area contributed by atoms with E-state index in [4.69, 9.17) is 5.11 Å². The van der Waals surface area contributed by atoms with Crippen LogP contribution in [-0.4, -0.2) is 67.1 Å². The zero-order valence-electron chi connectivity index (χ0n) is 11.6. The van der Waals surface area contributed by atoms with Gasteiger partial charge in [-0.05, 0) is 12.8 Å². The first-order chi connectivity index (χ1) is 9.65. The molecule has 21 heavy (non-hydrogen) atoms. The third-order valence-corrected chi connectivity index (χ3v) is 9.21. The Morgan fingerprint density at radius 2 is 1.90 bits per heavy atom. The Kier molecular flexibility index (Phi) is 4.91. The summed E-state index contributed by atoms with van der Waals surface area (Å²) in [6.07, 6.45) is 2.16. The van der Waals surface area contributed by atoms with Crippen LogP contribution in [-0.2, 0) is 24.7 Å². The lowest BCUT2D eigenvalue weighted by Gasteiger charge is -2.35. The normalized spacial score (nSPS) is 32.1. The molecule has 7 nitrogen and oxygen atoms in total. The molecule has 1 aliphatic heterocycles. The Labute approximate surface area is 129 Å². The number of hydrogen-bond acceptors (Lipinski definition) is 6. The van der Waals surface area contributed by atoms with E-state index in [0.717, 1.165) is 10.6 Å². The highest BCUT2D eigenvalue weighted by atomic mass is 32.2. The second-order valence-electron chi connectivity index (χ2n) is 5.43. The number of nitrogens with zero attached hydrogens (tertiary/aromatic N) is 1. The van der Waals surface area contributed by atoms with Gasteiger partial charge in [0.15, 0.2) is 9.84 Å². The maximum atomic E-state index is 12.7. The van der Waals surface area contributed by atoms with Crippen molar-refractivity contribution >= 4 is 37.6 Å². The molecule has 3 atom stereocenters. The maximum absolute atomic E-state index is 12.7. The van der Waals surface area contributed by atoms with Crippen LogP contribution >= 0.6 is 11.8 Å². The summed E-state index contributed by atoms with van der Waals surface area (Å²) in [4.78, 5) is 11.2. The van der Waals surface area contributed by atoms with Crippen molar-refractivity contribution in [3.05, 3.63) is 0 Å². The molecule has 0 spiro atoms. The Bertz CT molecular complexity index is 614. The van der Waals surface area contributed by atoms with Gasteiger partial charge < -0.3 is 5.11 Å². The van der Waals surface area contributed by atoms with Gasteiger partial charge in [-0.1, -0.05) is 6.42 Å². The first-order valence-electron chi connectivity index (χ1n) is 6.66. The Hall–Kier alpha value is -0.320. The average Bonchev–Trinajstić information content (AvgIpc) is 2.88. The highest BCUT2D eigenvalue weighted by Crippen LogP contribution is 2.35. The number of carboxylic acids is 1. The number of carbonyl (C=O) groups is 1. The fourth-order valence-electron chi connectivity index (χ4n) is 2.93. The monoisotopic (exact) mass is 357 g/mol. The lowest BCUT2D eigenvalue weighted by molar-refractivity contribution is -0.141. The Balaban J connectivity index is 2.35. The topological polar surface area (TPSA) is 109 Å². The van der Waals surface area contributed by atoms with Crippen LogP contribution in [0.2, 0.25) is 0 Å². The van der Waals surface area contributed by atoms with Crippen LogP contribution in [0.25, 0.3) is 0 Å². The van der Waals surface area contributed by atoms with Crippen molar-refractivity contribution in [1.29, 1.82) is 0 Å². The number of aliphatic carboxylic acids is 1. The van der Waals surface area contributed by atoms with Gasteiger partial charge in [0.25, 0.3) is 0 Å². The zero-order chi connectivity index (χ0) is 15.8. The first kappa shape index (κ1) is 17.0. The quantitative estimate of drug-likeness (QED) is 0.753. The van der Waals surface area contributed by atoms with Crippen molar-refractivity contribution in [3.8, 4) is 0 Å². The lowest BCUT2D eigenvalue weighted by atomic mass is 10.1. The van der Waals surface area contributed by atoms with E-state index >= 15 is 0 Å². The summed E-state index contributed by atoms with van der Waals surface area (Å²) in [7, 11) is -7.48. The van der Waals surface area contributed by atoms with Gasteiger partial charge in [0, 0.05) is 24.3 Å². The molecule has 1 heterocycles. The molecule has 0 aromatic rings. The molecule has 1 saturated heterocycles. The molecule has 0 aromatic heterocycles. The van der Waals surface area contributed by atoms with Crippen molar-refractivity contribution in [2.24, 2.45) is 5.92 Å². The summed E-state index contributed by atoms with van der Waals surface area (Å²) in [5, 5.41) is 7.07. The van der Waals surface area contributed by atoms with Crippen molar-refractivity contribution in [3.63, 3.8) is 0 Å². The smallest absolute Gasteiger partial charge is 0.307 e. The highest BCUT2D eigenvalue weighted by Gasteiger charge is 2.48. The minimum atomic E-state index is -3.93. The number of thioether (sulfide) groups is 1. The lowest BCUT2D eigenvalue weighted by Crippen LogP contribution is -2.53. The number of hydrogen-bond donors (Lipinski definition) is 1. The molecule has 1 aliphatic carbocycles. The van der Waals surface area contributed by atoms with Gasteiger partial charge in [-0.3, -0.25) is 4.79 Å². The second kappa shape index (κ2) is 6.05. The van der Waals surface area contributed by atoms with E-state index in [1.165, 1.54) is 11.8 Å². The third kappa shape index (κ3) is 3.38. The van der Waals surface area contributed by atoms with Gasteiger partial charge in [0.1, 0.15) is 5.37 Å². The fraction of sp³-hybridized carbons (Fsp3) is 0.909. The molecule has 0 amide bonds. The van der Waals surface area contributed by atoms with E-state index in [1.807, 2.05) is 0 Å². The molecule has 3 unspecified atom stereocenters. The van der Waals surface area contributed by atoms with Crippen LogP contribution in [0.3, 0.4) is 0 Å². The van der Waals surface area contributed by atoms with Crippen LogP contribution in [0.1, 0.15) is 19.3 Å². The molecule has 1 saturated carbocycles. The van der Waals surface area contributed by atoms with Crippen LogP contribution < -0.4 is 0 Å². The van der Waals surface area contributed by atoms with Crippen LogP contribution in [0.4, 0.5) is 0 Å². The molecule has 2 aliphatic rings. The minimum Gasteiger partial charge on any atom is -0.481 e. The number of sulfone groups is 1. The van der Waals surface area contributed by atoms with Crippen molar-refractivity contribution in [1.82, 2.24) is 4.31 Å². The summed E-state index contributed by atoms with van der Waals surface area (Å²) in [6, 6.07) is 0. The predicted octanol–water partition coefficient (Wildman–Crippen LogP) is -0.0110. The van der Waals surface area contributed by atoms with Gasteiger partial charge in [0.05, 0.1) is 11.2 Å². The number of rotatable bonds is 4. The Morgan fingerprint density at radius 1 is 1.24 bits per heavy atom. The van der Waals surface area contributed by atoms with Gasteiger partial charge in [0.2, 0.25) is 10.0 Å². The highest BCUT2D eigenvalue weighted by molar-refractivity contribution is 8.01. The number of sulfonamides is 1. The third-order valence-electron chi connectivity index (χ3n) is 4.01. The second-order valence-corrected chi connectivity index (χ2v) is 10.9. The molecular formula is C11H19NO6S3. The SMILES string of the molecule is CS(=O)(=O)C1CSCCN1S(=O)(=O)C1CCCC1C(=O)O. The van der Waals surface area contributed by atoms with Crippen molar-refractivity contribution in [2.45, 2.75) is 29.9 Å². The first-order valence-corrected chi connectivity index (χ1v) is 11.3. The van der Waals surface area contributed by atoms with E-state index in [1.54, 1.807) is 0 Å². The van der Waals surface area contributed by atoms with E-state index in [9.17, 15) is 21.6 Å². The molecular weight excluding hydrogens is 338 g/mol. The van der Waals surface area contributed by atoms with Gasteiger partial charge in [-0.15, -0.1) is 0 Å². The maximum Gasteiger partial charge on any atom is 0.307 e. The van der Waals surface area contributed by atoms with E-state index in [-0.39, 0.29) is 18.7 Å². The van der Waals surface area contributed by atoms with Crippen LogP contribution in [0.5, 0.6) is 0 Å². The van der Waals surface area contributed by atoms with E-state index in [0.29, 0.717) is 18.6 Å². The van der Waals surface area contributed by atoms with Crippen molar-refractivity contribution in [2.75, 3.05) is 24.3 Å². The zero-order valence-corrected chi connectivity index (χ0v) is 14.1. The molecule has 1 N–H and O–H groups in total. The molecule has 2 fully saturated rings. The molecule has 0 radical (unpaired) electrons. The number of carboxylic acid groups (broad SMARTS) is 1. The molecule has 10 heteroatoms. The van der Waals surface area contributed by atoms with Gasteiger partial charge in [-0.25, -0.2) is 16.8 Å². The summed E-state index contributed by atoms with van der Waals surface area (Å²) in [5.41, 5.74) is 0. The van der Waals surface area contributed by atoms with Gasteiger partial charge in [-0.2, -0.15) is 16.1 Å². The Morgan fingerprint density at radius 3 is 2.48 bits per heavy atom. The minimum absolute atomic E-state index is 0.119. The fourth-order valence-corrected chi connectivity index (χ4v) is 8.88. The van der Waals surface area contributed by atoms with Gasteiger partial charge >= 0.3 is 5.97 Å². The van der Waals surface area contributed by atoms with Crippen LogP contribution in [0, 0.1) is 5.92 Å². The summed E-state index contributed by atoms with van der Waals surface area (Å²) in [6.45, 7) is 0.119. The summed E-state index contributed by atoms with van der Waals surface area (Å²) < 4.78 is 50.2. The average molecular weight is 357 g/mol. The predicted molar refractivity (Wildman–Crippen MR) is 80.3 cm³/mol. The molecule has 0 bridgehead atoms. The van der Waals surface area contributed by atoms with E-state index in [2.05, 4.69) is 0 Å².